The Morgan fingerprint density at radius 2 is 1.84 bits per heavy atom. The second-order valence-electron chi connectivity index (χ2n) is 6.27. The number of hydrogen-bond acceptors (Lipinski definition) is 4. The van der Waals surface area contributed by atoms with E-state index in [0.29, 0.717) is 11.4 Å². The molecule has 0 spiro atoms. The molecular weight excluding hydrogens is 308 g/mol. The molecular formula is C21H16N4. The van der Waals surface area contributed by atoms with E-state index in [9.17, 15) is 0 Å². The van der Waals surface area contributed by atoms with Crippen molar-refractivity contribution in [2.45, 2.75) is 12.5 Å². The van der Waals surface area contributed by atoms with Gasteiger partial charge in [0.05, 0.1) is 5.56 Å². The van der Waals surface area contributed by atoms with E-state index in [2.05, 4.69) is 36.2 Å². The van der Waals surface area contributed by atoms with Crippen molar-refractivity contribution in [1.82, 2.24) is 4.98 Å². The van der Waals surface area contributed by atoms with E-state index in [1.54, 1.807) is 12.4 Å². The number of benzene rings is 2. The quantitative estimate of drug-likeness (QED) is 0.782. The molecule has 0 saturated carbocycles. The molecule has 2 N–H and O–H groups in total. The molecule has 3 aromatic rings. The first-order valence-corrected chi connectivity index (χ1v) is 8.03. The summed E-state index contributed by atoms with van der Waals surface area (Å²) >= 11 is 0. The van der Waals surface area contributed by atoms with Crippen LogP contribution >= 0.6 is 0 Å². The molecule has 25 heavy (non-hydrogen) atoms. The number of aliphatic imine (C=N–C) groups is 1. The van der Waals surface area contributed by atoms with Gasteiger partial charge in [0.15, 0.2) is 0 Å². The summed E-state index contributed by atoms with van der Waals surface area (Å²) in [5, 5.41) is 9.09. The fourth-order valence-corrected chi connectivity index (χ4v) is 3.37. The molecule has 120 valence electrons. The largest absolute Gasteiger partial charge is 0.383 e. The second-order valence-corrected chi connectivity index (χ2v) is 6.27. The maximum absolute atomic E-state index is 9.09. The van der Waals surface area contributed by atoms with Crippen molar-refractivity contribution in [3.8, 4) is 17.2 Å². The molecule has 1 unspecified atom stereocenters. The van der Waals surface area contributed by atoms with Crippen LogP contribution in [0.3, 0.4) is 0 Å². The van der Waals surface area contributed by atoms with Crippen molar-refractivity contribution in [2.75, 3.05) is 0 Å². The van der Waals surface area contributed by atoms with Gasteiger partial charge >= 0.3 is 0 Å². The van der Waals surface area contributed by atoms with E-state index in [0.717, 1.165) is 27.8 Å². The Bertz CT molecular complexity index is 1050. The summed E-state index contributed by atoms with van der Waals surface area (Å²) in [6.07, 6.45) is 3.33. The zero-order valence-electron chi connectivity index (χ0n) is 13.8. The van der Waals surface area contributed by atoms with Crippen molar-refractivity contribution in [3.05, 3.63) is 89.2 Å². The summed E-state index contributed by atoms with van der Waals surface area (Å²) in [5.41, 5.74) is 11.2. The molecule has 0 amide bonds. The van der Waals surface area contributed by atoms with Gasteiger partial charge in [-0.25, -0.2) is 0 Å². The van der Waals surface area contributed by atoms with Gasteiger partial charge in [0.1, 0.15) is 17.4 Å². The van der Waals surface area contributed by atoms with Gasteiger partial charge < -0.3 is 5.73 Å². The molecule has 0 bridgehead atoms. The maximum Gasteiger partial charge on any atom is 0.127 e. The Kier molecular flexibility index (Phi) is 3.36. The molecule has 1 aliphatic rings. The lowest BCUT2D eigenvalue weighted by atomic mass is 9.84. The number of hydrogen-bond donors (Lipinski definition) is 1. The molecule has 4 nitrogen and oxygen atoms in total. The normalized spacial score (nSPS) is 18.3. The van der Waals surface area contributed by atoms with Gasteiger partial charge in [-0.1, -0.05) is 42.5 Å². The number of aromatic nitrogens is 1. The molecule has 1 aliphatic heterocycles. The number of pyridine rings is 1. The maximum atomic E-state index is 9.09. The summed E-state index contributed by atoms with van der Waals surface area (Å²) in [6, 6.07) is 20.2. The van der Waals surface area contributed by atoms with Crippen LogP contribution in [0.1, 0.15) is 29.2 Å². The Morgan fingerprint density at radius 1 is 1.00 bits per heavy atom. The van der Waals surface area contributed by atoms with Crippen LogP contribution in [0.5, 0.6) is 0 Å². The zero-order valence-corrected chi connectivity index (χ0v) is 13.8. The molecule has 1 aromatic heterocycles. The average molecular weight is 324 g/mol. The summed E-state index contributed by atoms with van der Waals surface area (Å²) in [6.45, 7) is 2.08. The van der Waals surface area contributed by atoms with Crippen LogP contribution in [0.4, 0.5) is 0 Å². The summed E-state index contributed by atoms with van der Waals surface area (Å²) < 4.78 is 0. The summed E-state index contributed by atoms with van der Waals surface area (Å²) in [5.74, 6) is 0.566. The molecule has 4 rings (SSSR count). The molecule has 4 heteroatoms. The molecule has 0 aliphatic carbocycles. The number of amidine groups is 1. The third-order valence-electron chi connectivity index (χ3n) is 4.70. The molecule has 2 heterocycles. The first-order chi connectivity index (χ1) is 12.1. The van der Waals surface area contributed by atoms with Crippen molar-refractivity contribution in [1.29, 1.82) is 5.26 Å². The summed E-state index contributed by atoms with van der Waals surface area (Å²) in [7, 11) is 0. The Balaban J connectivity index is 1.85. The molecule has 1 atom stereocenters. The van der Waals surface area contributed by atoms with Crippen LogP contribution in [-0.4, -0.2) is 10.8 Å². The lowest BCUT2D eigenvalue weighted by molar-refractivity contribution is 0.621. The highest BCUT2D eigenvalue weighted by atomic mass is 15.0. The summed E-state index contributed by atoms with van der Waals surface area (Å²) in [4.78, 5) is 8.91. The Hall–Kier alpha value is -3.45. The van der Waals surface area contributed by atoms with Crippen LogP contribution in [0, 0.1) is 11.3 Å². The predicted octanol–water partition coefficient (Wildman–Crippen LogP) is 3.60. The molecule has 0 saturated heterocycles. The van der Waals surface area contributed by atoms with Crippen molar-refractivity contribution in [3.63, 3.8) is 0 Å². The average Bonchev–Trinajstić information content (AvgIpc) is 2.94. The van der Waals surface area contributed by atoms with E-state index in [1.165, 1.54) is 0 Å². The number of nitrogens with zero attached hydrogens (tertiary/aromatic N) is 3. The number of rotatable bonds is 2. The molecule has 2 aromatic carbocycles. The van der Waals surface area contributed by atoms with Gasteiger partial charge in [0.25, 0.3) is 0 Å². The third kappa shape index (κ3) is 2.38. The van der Waals surface area contributed by atoms with Crippen LogP contribution in [0.15, 0.2) is 72.0 Å². The van der Waals surface area contributed by atoms with Crippen LogP contribution in [0.25, 0.3) is 11.1 Å². The first-order valence-electron chi connectivity index (χ1n) is 8.03. The van der Waals surface area contributed by atoms with Gasteiger partial charge in [0, 0.05) is 23.5 Å². The van der Waals surface area contributed by atoms with Gasteiger partial charge in [-0.3, -0.25) is 9.98 Å². The third-order valence-corrected chi connectivity index (χ3v) is 4.70. The Labute approximate surface area is 146 Å². The monoisotopic (exact) mass is 324 g/mol. The van der Waals surface area contributed by atoms with Crippen molar-refractivity contribution >= 4 is 5.84 Å². The lowest BCUT2D eigenvalue weighted by Crippen LogP contribution is -2.18. The minimum absolute atomic E-state index is 0.517. The van der Waals surface area contributed by atoms with Gasteiger partial charge in [0.2, 0.25) is 0 Å². The van der Waals surface area contributed by atoms with Crippen molar-refractivity contribution < 1.29 is 0 Å². The minimum atomic E-state index is -0.517. The Morgan fingerprint density at radius 3 is 2.68 bits per heavy atom. The van der Waals surface area contributed by atoms with Crippen LogP contribution in [0.2, 0.25) is 0 Å². The highest BCUT2D eigenvalue weighted by molar-refractivity contribution is 6.02. The molecule has 0 fully saturated rings. The highest BCUT2D eigenvalue weighted by Gasteiger charge is 2.36. The van der Waals surface area contributed by atoms with Crippen LogP contribution < -0.4 is 5.73 Å². The smallest absolute Gasteiger partial charge is 0.127 e. The fourth-order valence-electron chi connectivity index (χ4n) is 3.37. The molecule has 0 radical (unpaired) electrons. The standard InChI is InChI=1S/C21H16N4/c1-21(19-8-3-2-7-18(19)20(23)25-21)17-6-4-5-15(10-17)16-9-14(11-22)12-24-13-16/h2-10,12-13H,1H3,(H2,23,25). The van der Waals surface area contributed by atoms with E-state index in [1.807, 2.05) is 36.4 Å². The topological polar surface area (TPSA) is 75.1 Å². The fraction of sp³-hybridized carbons (Fsp3) is 0.0952. The zero-order chi connectivity index (χ0) is 17.4. The van der Waals surface area contributed by atoms with Gasteiger partial charge in [-0.05, 0) is 35.7 Å². The van der Waals surface area contributed by atoms with Crippen molar-refractivity contribution in [2.24, 2.45) is 10.7 Å². The first kappa shape index (κ1) is 15.1. The van der Waals surface area contributed by atoms with E-state index in [4.69, 9.17) is 16.0 Å². The second kappa shape index (κ2) is 5.57. The van der Waals surface area contributed by atoms with Crippen LogP contribution in [-0.2, 0) is 5.54 Å². The number of nitrogens with two attached hydrogens (primary N) is 1. The predicted molar refractivity (Wildman–Crippen MR) is 98.0 cm³/mol. The van der Waals surface area contributed by atoms with Gasteiger partial charge in [-0.2, -0.15) is 5.26 Å². The number of fused-ring (bicyclic) bond motifs is 1. The number of nitriles is 1. The highest BCUT2D eigenvalue weighted by Crippen LogP contribution is 2.41. The SMILES string of the molecule is CC1(c2cccc(-c3cncc(C#N)c3)c2)N=C(N)c2ccccc21. The minimum Gasteiger partial charge on any atom is -0.383 e. The van der Waals surface area contributed by atoms with E-state index in [-0.39, 0.29) is 0 Å². The van der Waals surface area contributed by atoms with Gasteiger partial charge in [-0.15, -0.1) is 0 Å². The lowest BCUT2D eigenvalue weighted by Gasteiger charge is -2.24. The van der Waals surface area contributed by atoms with E-state index < -0.39 is 5.54 Å². The van der Waals surface area contributed by atoms with E-state index >= 15 is 0 Å².